The highest BCUT2D eigenvalue weighted by Crippen LogP contribution is 2.49. The van der Waals surface area contributed by atoms with Gasteiger partial charge in [-0.3, -0.25) is 38.0 Å². The summed E-state index contributed by atoms with van der Waals surface area (Å²) in [6.07, 6.45) is -0.252. The van der Waals surface area contributed by atoms with E-state index in [0.717, 1.165) is 0 Å². The molecule has 0 radical (unpaired) electrons. The maximum absolute atomic E-state index is 13.5. The van der Waals surface area contributed by atoms with Crippen LogP contribution in [0.2, 0.25) is 0 Å². The third-order valence-electron chi connectivity index (χ3n) is 5.72. The topological polar surface area (TPSA) is 171 Å². The molecule has 15 nitrogen and oxygen atoms in total. The van der Waals surface area contributed by atoms with Gasteiger partial charge in [-0.25, -0.2) is 13.9 Å². The summed E-state index contributed by atoms with van der Waals surface area (Å²) in [4.78, 5) is 49.5. The van der Waals surface area contributed by atoms with Gasteiger partial charge in [-0.15, -0.1) is 5.06 Å². The van der Waals surface area contributed by atoms with Crippen molar-refractivity contribution < 1.29 is 51.0 Å². The van der Waals surface area contributed by atoms with Crippen LogP contribution < -0.4 is 0 Å². The lowest BCUT2D eigenvalue weighted by Crippen LogP contribution is -2.39. The van der Waals surface area contributed by atoms with Crippen molar-refractivity contribution in [3.63, 3.8) is 0 Å². The van der Waals surface area contributed by atoms with Crippen molar-refractivity contribution in [2.45, 2.75) is 60.0 Å². The molecule has 0 aromatic carbocycles. The molecule has 1 aromatic rings. The van der Waals surface area contributed by atoms with Crippen LogP contribution in [0.15, 0.2) is 18.2 Å². The van der Waals surface area contributed by atoms with Crippen LogP contribution in [0.5, 0.6) is 0 Å². The molecule has 42 heavy (non-hydrogen) atoms. The molecule has 1 aliphatic heterocycles. The largest absolute Gasteiger partial charge is 0.344 e. The van der Waals surface area contributed by atoms with Gasteiger partial charge < -0.3 is 13.9 Å². The number of imide groups is 1. The first-order valence-corrected chi connectivity index (χ1v) is 16.4. The molecule has 234 valence electrons. The summed E-state index contributed by atoms with van der Waals surface area (Å²) < 4.78 is 55.7. The van der Waals surface area contributed by atoms with Gasteiger partial charge in [-0.2, -0.15) is 0 Å². The standard InChI is InChI=1S/C24H37N4O11P3/c1-5-37-42(34,38-6-2)18-26(15-24(3,4)12-23(31)39-28-21(29)10-11-22(28)30)13-19-8-7-9-20(25-19)14-27(16-35-40-32)17-36-41-33/h7-9H,5-6,10-18H2,1-4H3. The van der Waals surface area contributed by atoms with Gasteiger partial charge >= 0.3 is 30.9 Å². The first-order chi connectivity index (χ1) is 19.9. The van der Waals surface area contributed by atoms with Crippen molar-refractivity contribution in [2.24, 2.45) is 5.41 Å². The lowest BCUT2D eigenvalue weighted by molar-refractivity contribution is -0.199. The van der Waals surface area contributed by atoms with Crippen LogP contribution in [0.1, 0.15) is 58.3 Å². The monoisotopic (exact) mass is 650 g/mol. The zero-order valence-electron chi connectivity index (χ0n) is 24.1. The molecular formula is C24H37N4O11P3. The van der Waals surface area contributed by atoms with E-state index < -0.39 is 48.2 Å². The molecule has 0 bridgehead atoms. The Hall–Kier alpha value is -2.05. The van der Waals surface area contributed by atoms with Crippen molar-refractivity contribution in [1.29, 1.82) is 0 Å². The summed E-state index contributed by atoms with van der Waals surface area (Å²) in [5, 5.41) is 0.511. The Balaban J connectivity index is 2.23. The molecule has 1 saturated heterocycles. The van der Waals surface area contributed by atoms with E-state index in [4.69, 9.17) is 22.9 Å². The number of rotatable bonds is 21. The molecule has 1 fully saturated rings. The second kappa shape index (κ2) is 17.9. The number of carbonyl (C=O) groups excluding carboxylic acids is 3. The lowest BCUT2D eigenvalue weighted by atomic mass is 9.89. The number of aromatic nitrogens is 1. The predicted molar refractivity (Wildman–Crippen MR) is 149 cm³/mol. The fraction of sp³-hybridized carbons (Fsp3) is 0.667. The number of nitrogens with zero attached hydrogens (tertiary/aromatic N) is 4. The van der Waals surface area contributed by atoms with E-state index in [1.54, 1.807) is 55.7 Å². The van der Waals surface area contributed by atoms with E-state index in [0.29, 0.717) is 16.5 Å². The number of hydroxylamine groups is 2. The molecule has 18 heteroatoms. The van der Waals surface area contributed by atoms with Gasteiger partial charge in [0, 0.05) is 32.5 Å². The molecular weight excluding hydrogens is 613 g/mol. The highest BCUT2D eigenvalue weighted by molar-refractivity contribution is 7.53. The minimum Gasteiger partial charge on any atom is -0.330 e. The van der Waals surface area contributed by atoms with Crippen molar-refractivity contribution >= 4 is 42.8 Å². The highest BCUT2D eigenvalue weighted by atomic mass is 31.2. The average molecular weight is 650 g/mol. The predicted octanol–water partition coefficient (Wildman–Crippen LogP) is 4.29. The molecule has 2 rings (SSSR count). The maximum atomic E-state index is 13.5. The lowest BCUT2D eigenvalue weighted by Gasteiger charge is -2.33. The Morgan fingerprint density at radius 1 is 0.976 bits per heavy atom. The fourth-order valence-electron chi connectivity index (χ4n) is 4.26. The zero-order chi connectivity index (χ0) is 31.2. The normalized spacial score (nSPS) is 14.6. The summed E-state index contributed by atoms with van der Waals surface area (Å²) in [7, 11) is -4.59. The van der Waals surface area contributed by atoms with E-state index in [1.165, 1.54) is 0 Å². The summed E-state index contributed by atoms with van der Waals surface area (Å²) in [5.41, 5.74) is 0.444. The number of hydrogen-bond donors (Lipinski definition) is 0. The van der Waals surface area contributed by atoms with E-state index in [2.05, 4.69) is 4.98 Å². The quantitative estimate of drug-likeness (QED) is 0.105. The third kappa shape index (κ3) is 12.7. The molecule has 0 saturated carbocycles. The molecule has 0 aliphatic carbocycles. The fourth-order valence-corrected chi connectivity index (χ4v) is 6.40. The van der Waals surface area contributed by atoms with Crippen LogP contribution >= 0.6 is 25.0 Å². The SMILES string of the molecule is CCOP(=O)(CN(Cc1cccc(CN(COP=O)COP=O)n1)CC(C)(C)CC(=O)ON1C(=O)CCC1=O)OCC. The van der Waals surface area contributed by atoms with Crippen LogP contribution in [-0.2, 0) is 64.1 Å². The van der Waals surface area contributed by atoms with Crippen molar-refractivity contribution in [3.8, 4) is 0 Å². The van der Waals surface area contributed by atoms with Gasteiger partial charge in [0.1, 0.15) is 19.7 Å². The van der Waals surface area contributed by atoms with Gasteiger partial charge in [-0.1, -0.05) is 19.9 Å². The van der Waals surface area contributed by atoms with E-state index in [9.17, 15) is 28.1 Å². The number of carbonyl (C=O) groups is 3. The third-order valence-corrected chi connectivity index (χ3v) is 8.21. The minimum absolute atomic E-state index is 0.00606. The summed E-state index contributed by atoms with van der Waals surface area (Å²) in [6.45, 7) is 7.86. The summed E-state index contributed by atoms with van der Waals surface area (Å²) in [6, 6.07) is 5.32. The van der Waals surface area contributed by atoms with E-state index in [-0.39, 0.29) is 71.9 Å². The second-order valence-electron chi connectivity index (χ2n) is 10.1. The molecule has 2 heterocycles. The van der Waals surface area contributed by atoms with Crippen LogP contribution in [0.25, 0.3) is 0 Å². The zero-order valence-corrected chi connectivity index (χ0v) is 26.8. The molecule has 2 amide bonds. The Morgan fingerprint density at radius 2 is 1.50 bits per heavy atom. The van der Waals surface area contributed by atoms with Crippen molar-refractivity contribution in [3.05, 3.63) is 29.6 Å². The smallest absolute Gasteiger partial charge is 0.330 e. The molecule has 0 atom stereocenters. The molecule has 0 N–H and O–H groups in total. The van der Waals surface area contributed by atoms with Crippen LogP contribution in [0.4, 0.5) is 0 Å². The molecule has 0 spiro atoms. The highest BCUT2D eigenvalue weighted by Gasteiger charge is 2.36. The average Bonchev–Trinajstić information content (AvgIpc) is 3.21. The van der Waals surface area contributed by atoms with E-state index >= 15 is 0 Å². The van der Waals surface area contributed by atoms with Gasteiger partial charge in [0.2, 0.25) is 0 Å². The van der Waals surface area contributed by atoms with Gasteiger partial charge in [0.15, 0.2) is 0 Å². The van der Waals surface area contributed by atoms with Crippen LogP contribution in [-0.4, -0.2) is 77.1 Å². The first kappa shape index (κ1) is 36.1. The molecule has 0 unspecified atom stereocenters. The van der Waals surface area contributed by atoms with Crippen LogP contribution in [0.3, 0.4) is 0 Å². The number of pyridine rings is 1. The molecule has 1 aromatic heterocycles. The van der Waals surface area contributed by atoms with Gasteiger partial charge in [0.25, 0.3) is 11.8 Å². The van der Waals surface area contributed by atoms with Gasteiger partial charge in [-0.05, 0) is 31.4 Å². The van der Waals surface area contributed by atoms with E-state index in [1.807, 2.05) is 0 Å². The van der Waals surface area contributed by atoms with Crippen molar-refractivity contribution in [2.75, 3.05) is 39.5 Å². The Kier molecular flexibility index (Phi) is 15.4. The summed E-state index contributed by atoms with van der Waals surface area (Å²) >= 11 is 0. The Labute approximate surface area is 248 Å². The van der Waals surface area contributed by atoms with Gasteiger partial charge in [0.05, 0.1) is 31.0 Å². The van der Waals surface area contributed by atoms with Crippen molar-refractivity contribution in [1.82, 2.24) is 19.8 Å². The second-order valence-corrected chi connectivity index (χ2v) is 12.9. The number of hydrogen-bond acceptors (Lipinski definition) is 14. The molecule has 1 aliphatic rings. The Morgan fingerprint density at radius 3 is 2.00 bits per heavy atom. The summed E-state index contributed by atoms with van der Waals surface area (Å²) in [5.74, 6) is -1.88. The minimum atomic E-state index is -3.55. The maximum Gasteiger partial charge on any atom is 0.344 e. The Bertz CT molecular complexity index is 1100. The first-order valence-electron chi connectivity index (χ1n) is 13.2. The number of amides is 2. The van der Waals surface area contributed by atoms with Crippen LogP contribution in [0, 0.1) is 5.41 Å².